The zero-order chi connectivity index (χ0) is 16.3. The number of carbonyl (C=O) groups is 1. The first kappa shape index (κ1) is 17.1. The van der Waals surface area contributed by atoms with Crippen LogP contribution in [-0.4, -0.2) is 51.9 Å². The molecule has 0 aliphatic carbocycles. The second kappa shape index (κ2) is 6.86. The molecule has 5 nitrogen and oxygen atoms in total. The van der Waals surface area contributed by atoms with Crippen LogP contribution in [0.15, 0.2) is 18.2 Å². The lowest BCUT2D eigenvalue weighted by Gasteiger charge is -2.44. The molecule has 0 spiro atoms. The lowest BCUT2D eigenvalue weighted by atomic mass is 9.73. The first-order valence-corrected chi connectivity index (χ1v) is 7.88. The van der Waals surface area contributed by atoms with Crippen LogP contribution in [0.5, 0.6) is 5.75 Å². The summed E-state index contributed by atoms with van der Waals surface area (Å²) in [4.78, 5) is 14.0. The van der Waals surface area contributed by atoms with Gasteiger partial charge in [0.15, 0.2) is 0 Å². The third-order valence-electron chi connectivity index (χ3n) is 4.52. The number of benzene rings is 1. The Balaban J connectivity index is 2.12. The van der Waals surface area contributed by atoms with E-state index in [1.54, 1.807) is 11.0 Å². The minimum Gasteiger partial charge on any atom is -0.506 e. The van der Waals surface area contributed by atoms with E-state index in [-0.39, 0.29) is 29.8 Å². The number of aliphatic hydroxyl groups is 2. The number of hydrogen-bond donors (Lipinski definition) is 3. The predicted octanol–water partition coefficient (Wildman–Crippen LogP) is 2.03. The lowest BCUT2D eigenvalue weighted by Crippen LogP contribution is -2.54. The van der Waals surface area contributed by atoms with Gasteiger partial charge in [-0.05, 0) is 31.0 Å². The normalized spacial score (nSPS) is 25.3. The molecule has 0 radical (unpaired) electrons. The number of amides is 1. The summed E-state index contributed by atoms with van der Waals surface area (Å²) in [6.07, 6.45) is 1.41. The minimum atomic E-state index is -0.754. The Bertz CT molecular complexity index is 551. The molecule has 1 heterocycles. The highest BCUT2D eigenvalue weighted by Crippen LogP contribution is 2.36. The molecule has 1 aliphatic heterocycles. The maximum absolute atomic E-state index is 12.5. The molecule has 22 heavy (non-hydrogen) atoms. The molecule has 1 amide bonds. The zero-order valence-electron chi connectivity index (χ0n) is 12.6. The average molecular weight is 328 g/mol. The van der Waals surface area contributed by atoms with E-state index < -0.39 is 11.5 Å². The Kier molecular flexibility index (Phi) is 5.32. The van der Waals surface area contributed by atoms with Gasteiger partial charge in [-0.2, -0.15) is 0 Å². The molecule has 1 fully saturated rings. The number of halogens is 1. The first-order chi connectivity index (χ1) is 10.4. The van der Waals surface area contributed by atoms with Crippen molar-refractivity contribution in [3.05, 3.63) is 28.8 Å². The van der Waals surface area contributed by atoms with Crippen LogP contribution >= 0.6 is 11.6 Å². The van der Waals surface area contributed by atoms with Crippen molar-refractivity contribution >= 4 is 17.5 Å². The number of β-amino-alcohol motifs (C(OH)–C–C–N with tert-alkyl or cyclic N) is 1. The topological polar surface area (TPSA) is 81.0 Å². The van der Waals surface area contributed by atoms with Crippen LogP contribution in [0.2, 0.25) is 5.02 Å². The molecule has 6 heteroatoms. The van der Waals surface area contributed by atoms with Gasteiger partial charge in [-0.15, -0.1) is 0 Å². The van der Waals surface area contributed by atoms with Crippen molar-refractivity contribution in [1.82, 2.24) is 4.90 Å². The molecular formula is C16H22ClNO4. The largest absolute Gasteiger partial charge is 0.506 e. The van der Waals surface area contributed by atoms with Gasteiger partial charge in [0.1, 0.15) is 5.75 Å². The standard InChI is InChI=1S/C16H22ClNO4/c1-2-5-16(10-19)6-7-18(9-14(16)21)15(22)11-3-4-12(17)13(20)8-11/h3-4,8,14,19-21H,2,5-7,9-10H2,1H3/t14-,16-/m1/s1. The lowest BCUT2D eigenvalue weighted by molar-refractivity contribution is -0.0713. The van der Waals surface area contributed by atoms with Crippen molar-refractivity contribution in [2.45, 2.75) is 32.3 Å². The predicted molar refractivity (Wildman–Crippen MR) is 84.1 cm³/mol. The highest BCUT2D eigenvalue weighted by Gasteiger charge is 2.42. The number of phenols is 1. The molecule has 0 unspecified atom stereocenters. The summed E-state index contributed by atoms with van der Waals surface area (Å²) in [7, 11) is 0. The average Bonchev–Trinajstić information content (AvgIpc) is 2.51. The number of phenolic OH excluding ortho intramolecular Hbond substituents is 1. The van der Waals surface area contributed by atoms with E-state index in [0.29, 0.717) is 18.5 Å². The van der Waals surface area contributed by atoms with Gasteiger partial charge in [0.2, 0.25) is 0 Å². The van der Waals surface area contributed by atoms with Crippen molar-refractivity contribution in [1.29, 1.82) is 0 Å². The Labute approximate surface area is 135 Å². The highest BCUT2D eigenvalue weighted by atomic mass is 35.5. The fourth-order valence-electron chi connectivity index (χ4n) is 3.08. The first-order valence-electron chi connectivity index (χ1n) is 7.50. The van der Waals surface area contributed by atoms with Crippen molar-refractivity contribution in [3.8, 4) is 5.75 Å². The molecule has 1 saturated heterocycles. The molecule has 0 aromatic heterocycles. The van der Waals surface area contributed by atoms with Gasteiger partial charge < -0.3 is 20.2 Å². The summed E-state index contributed by atoms with van der Waals surface area (Å²) in [5.41, 5.74) is -0.186. The number of aromatic hydroxyl groups is 1. The second-order valence-corrected chi connectivity index (χ2v) is 6.36. The van der Waals surface area contributed by atoms with Gasteiger partial charge in [-0.25, -0.2) is 0 Å². The number of rotatable bonds is 4. The van der Waals surface area contributed by atoms with E-state index in [1.807, 2.05) is 6.92 Å². The van der Waals surface area contributed by atoms with Crippen molar-refractivity contribution in [3.63, 3.8) is 0 Å². The highest BCUT2D eigenvalue weighted by molar-refractivity contribution is 6.32. The molecule has 122 valence electrons. The Morgan fingerprint density at radius 3 is 2.77 bits per heavy atom. The number of carbonyl (C=O) groups excluding carboxylic acids is 1. The summed E-state index contributed by atoms with van der Waals surface area (Å²) in [6.45, 7) is 2.59. The summed E-state index contributed by atoms with van der Waals surface area (Å²) in [5, 5.41) is 29.8. The summed E-state index contributed by atoms with van der Waals surface area (Å²) in [6, 6.07) is 4.35. The van der Waals surface area contributed by atoms with Crippen molar-refractivity contribution in [2.75, 3.05) is 19.7 Å². The van der Waals surface area contributed by atoms with E-state index in [2.05, 4.69) is 0 Å². The SMILES string of the molecule is CCC[C@]1(CO)CCN(C(=O)c2ccc(Cl)c(O)c2)C[C@H]1O. The fraction of sp³-hybridized carbons (Fsp3) is 0.562. The van der Waals surface area contributed by atoms with Crippen LogP contribution in [0.4, 0.5) is 0 Å². The van der Waals surface area contributed by atoms with Gasteiger partial charge in [0.25, 0.3) is 5.91 Å². The van der Waals surface area contributed by atoms with Gasteiger partial charge in [0.05, 0.1) is 17.7 Å². The van der Waals surface area contributed by atoms with Crippen LogP contribution in [-0.2, 0) is 0 Å². The van der Waals surface area contributed by atoms with Gasteiger partial charge in [-0.1, -0.05) is 24.9 Å². The van der Waals surface area contributed by atoms with Crippen LogP contribution < -0.4 is 0 Å². The zero-order valence-corrected chi connectivity index (χ0v) is 13.4. The molecule has 3 N–H and O–H groups in total. The van der Waals surface area contributed by atoms with E-state index in [9.17, 15) is 20.1 Å². The monoisotopic (exact) mass is 327 g/mol. The molecule has 2 rings (SSSR count). The number of hydrogen-bond acceptors (Lipinski definition) is 4. The smallest absolute Gasteiger partial charge is 0.254 e. The molecule has 2 atom stereocenters. The fourth-order valence-corrected chi connectivity index (χ4v) is 3.20. The van der Waals surface area contributed by atoms with E-state index >= 15 is 0 Å². The third kappa shape index (κ3) is 3.21. The minimum absolute atomic E-state index is 0.0776. The van der Waals surface area contributed by atoms with Gasteiger partial charge in [-0.3, -0.25) is 4.79 Å². The summed E-state index contributed by atoms with van der Waals surface area (Å²) in [5.74, 6) is -0.394. The van der Waals surface area contributed by atoms with E-state index in [0.717, 1.165) is 12.8 Å². The quantitative estimate of drug-likeness (QED) is 0.790. The maximum Gasteiger partial charge on any atom is 0.254 e. The number of nitrogens with zero attached hydrogens (tertiary/aromatic N) is 1. The van der Waals surface area contributed by atoms with Crippen LogP contribution in [0, 0.1) is 5.41 Å². The number of likely N-dealkylation sites (tertiary alicyclic amines) is 1. The molecule has 0 bridgehead atoms. The number of piperidine rings is 1. The molecular weight excluding hydrogens is 306 g/mol. The Morgan fingerprint density at radius 2 is 2.23 bits per heavy atom. The van der Waals surface area contributed by atoms with Crippen molar-refractivity contribution < 1.29 is 20.1 Å². The van der Waals surface area contributed by atoms with Crippen LogP contribution in [0.3, 0.4) is 0 Å². The molecule has 1 aromatic rings. The van der Waals surface area contributed by atoms with Crippen molar-refractivity contribution in [2.24, 2.45) is 5.41 Å². The summed E-state index contributed by atoms with van der Waals surface area (Å²) >= 11 is 5.74. The molecule has 0 saturated carbocycles. The Hall–Kier alpha value is -1.30. The van der Waals surface area contributed by atoms with E-state index in [4.69, 9.17) is 11.6 Å². The molecule has 1 aliphatic rings. The maximum atomic E-state index is 12.5. The van der Waals surface area contributed by atoms with Gasteiger partial charge in [0, 0.05) is 24.1 Å². The summed E-state index contributed by atoms with van der Waals surface area (Å²) < 4.78 is 0. The third-order valence-corrected chi connectivity index (χ3v) is 4.84. The van der Waals surface area contributed by atoms with Crippen LogP contribution in [0.1, 0.15) is 36.5 Å². The molecule has 1 aromatic carbocycles. The second-order valence-electron chi connectivity index (χ2n) is 5.95. The van der Waals surface area contributed by atoms with Crippen LogP contribution in [0.25, 0.3) is 0 Å². The van der Waals surface area contributed by atoms with E-state index in [1.165, 1.54) is 12.1 Å². The number of aliphatic hydroxyl groups excluding tert-OH is 2. The Morgan fingerprint density at radius 1 is 1.50 bits per heavy atom. The van der Waals surface area contributed by atoms with Gasteiger partial charge >= 0.3 is 0 Å².